The van der Waals surface area contributed by atoms with E-state index in [4.69, 9.17) is 9.47 Å². The second-order valence-corrected chi connectivity index (χ2v) is 16.4. The normalized spacial score (nSPS) is 14.6. The molecule has 3 heterocycles. The molecule has 36 heavy (non-hydrogen) atoms. The molecular weight excluding hydrogens is 478 g/mol. The molecule has 0 atom stereocenters. The lowest BCUT2D eigenvalue weighted by Gasteiger charge is -2.33. The van der Waals surface area contributed by atoms with Gasteiger partial charge in [0.15, 0.2) is 0 Å². The van der Waals surface area contributed by atoms with Crippen LogP contribution in [-0.4, -0.2) is 72.4 Å². The summed E-state index contributed by atoms with van der Waals surface area (Å²) in [5.41, 5.74) is 0.747. The number of aromatic nitrogens is 2. The zero-order valence-electron chi connectivity index (χ0n) is 21.9. The number of nitrogens with zero attached hydrogens (tertiary/aromatic N) is 4. The zero-order valence-corrected chi connectivity index (χ0v) is 22.9. The second-order valence-electron chi connectivity index (χ2n) is 10.8. The summed E-state index contributed by atoms with van der Waals surface area (Å²) in [6.07, 6.45) is 3.05. The maximum atomic E-state index is 13.2. The third-order valence-electron chi connectivity index (χ3n) is 5.24. The lowest BCUT2D eigenvalue weighted by atomic mass is 10.2. The summed E-state index contributed by atoms with van der Waals surface area (Å²) < 4.78 is 12.6. The first kappa shape index (κ1) is 27.2. The number of nitrogens with one attached hydrogen (secondary N) is 1. The van der Waals surface area contributed by atoms with Crippen LogP contribution in [0.5, 0.6) is 0 Å². The molecule has 194 valence electrons. The van der Waals surface area contributed by atoms with Gasteiger partial charge in [0.25, 0.3) is 0 Å². The molecule has 0 saturated carbocycles. The first-order chi connectivity index (χ1) is 16.8. The van der Waals surface area contributed by atoms with Crippen LogP contribution in [0.1, 0.15) is 32.8 Å². The van der Waals surface area contributed by atoms with Crippen LogP contribution in [0.4, 0.5) is 15.4 Å². The third-order valence-corrected chi connectivity index (χ3v) is 6.95. The van der Waals surface area contributed by atoms with Crippen molar-refractivity contribution >= 4 is 37.6 Å². The highest BCUT2D eigenvalue weighted by Crippen LogP contribution is 2.23. The molecule has 0 unspecified atom stereocenters. The molecular formula is C25H35N5O5Si. The number of alkyl carbamates (subject to hydrolysis) is 1. The first-order valence-corrected chi connectivity index (χ1v) is 15.7. The van der Waals surface area contributed by atoms with Crippen LogP contribution in [-0.2, 0) is 14.3 Å². The lowest BCUT2D eigenvalue weighted by Crippen LogP contribution is -2.53. The van der Waals surface area contributed by atoms with E-state index in [-0.39, 0.29) is 32.1 Å². The van der Waals surface area contributed by atoms with Gasteiger partial charge in [-0.1, -0.05) is 31.5 Å². The van der Waals surface area contributed by atoms with Crippen LogP contribution in [0.2, 0.25) is 25.7 Å². The number of hydrogen-bond acceptors (Lipinski definition) is 6. The second kappa shape index (κ2) is 11.1. The number of fused-ring (bicyclic) bond motifs is 1. The molecule has 1 N–H and O–H groups in total. The summed E-state index contributed by atoms with van der Waals surface area (Å²) >= 11 is 0. The Morgan fingerprint density at radius 2 is 1.97 bits per heavy atom. The molecule has 10 nitrogen and oxygen atoms in total. The minimum Gasteiger partial charge on any atom is -0.444 e. The predicted octanol–water partition coefficient (Wildman–Crippen LogP) is 3.68. The molecule has 3 rings (SSSR count). The van der Waals surface area contributed by atoms with Gasteiger partial charge >= 0.3 is 12.1 Å². The standard InChI is InChI=1S/C25H35N5O5Si/c1-25(2,3)35-23(32)26-12-7-8-19-9-10-20-27-16-21(29(20)17-19)28-13-11-22(31)30(24(28)33)18-34-14-15-36(4,5)6/h9-10,16-17H,11-15,18H2,1-6H3,(H,26,32). The number of amides is 4. The minimum atomic E-state index is -1.27. The molecule has 0 radical (unpaired) electrons. The molecule has 1 fully saturated rings. The highest BCUT2D eigenvalue weighted by molar-refractivity contribution is 6.76. The van der Waals surface area contributed by atoms with Crippen molar-refractivity contribution in [2.45, 2.75) is 58.5 Å². The molecule has 11 heteroatoms. The van der Waals surface area contributed by atoms with Gasteiger partial charge in [-0.2, -0.15) is 0 Å². The third kappa shape index (κ3) is 7.57. The van der Waals surface area contributed by atoms with Crippen LogP contribution in [0.3, 0.4) is 0 Å². The Labute approximate surface area is 212 Å². The first-order valence-electron chi connectivity index (χ1n) is 12.0. The fraction of sp³-hybridized carbons (Fsp3) is 0.520. The van der Waals surface area contributed by atoms with Gasteiger partial charge in [0.1, 0.15) is 23.8 Å². The summed E-state index contributed by atoms with van der Waals surface area (Å²) in [5.74, 6) is 6.19. The average molecular weight is 514 g/mol. The number of carbonyl (C=O) groups is 3. The van der Waals surface area contributed by atoms with E-state index in [0.717, 1.165) is 10.9 Å². The van der Waals surface area contributed by atoms with Crippen LogP contribution in [0.15, 0.2) is 24.5 Å². The van der Waals surface area contributed by atoms with E-state index in [1.165, 1.54) is 4.90 Å². The van der Waals surface area contributed by atoms with Crippen molar-refractivity contribution < 1.29 is 23.9 Å². The molecule has 1 aliphatic rings. The summed E-state index contributed by atoms with van der Waals surface area (Å²) in [5, 5.41) is 2.59. The predicted molar refractivity (Wildman–Crippen MR) is 139 cm³/mol. The number of imide groups is 1. The number of pyridine rings is 1. The summed E-state index contributed by atoms with van der Waals surface area (Å²) in [7, 11) is -1.27. The smallest absolute Gasteiger partial charge is 0.408 e. The van der Waals surface area contributed by atoms with Crippen LogP contribution in [0, 0.1) is 11.8 Å². The Kier molecular flexibility index (Phi) is 8.42. The highest BCUT2D eigenvalue weighted by Gasteiger charge is 2.34. The topological polar surface area (TPSA) is 105 Å². The number of anilines is 1. The number of urea groups is 1. The fourth-order valence-corrected chi connectivity index (χ4v) is 4.14. The number of rotatable bonds is 7. The average Bonchev–Trinajstić information content (AvgIpc) is 3.17. The molecule has 0 aromatic carbocycles. The van der Waals surface area contributed by atoms with Gasteiger partial charge in [-0.15, -0.1) is 0 Å². The van der Waals surface area contributed by atoms with Gasteiger partial charge in [-0.05, 0) is 38.9 Å². The summed E-state index contributed by atoms with van der Waals surface area (Å²) in [4.78, 5) is 44.4. The highest BCUT2D eigenvalue weighted by atomic mass is 28.3. The molecule has 2 aromatic rings. The van der Waals surface area contributed by atoms with E-state index < -0.39 is 25.8 Å². The Morgan fingerprint density at radius 1 is 1.22 bits per heavy atom. The Balaban J connectivity index is 1.69. The van der Waals surface area contributed by atoms with Crippen molar-refractivity contribution in [2.24, 2.45) is 0 Å². The number of ether oxygens (including phenoxy) is 2. The van der Waals surface area contributed by atoms with Gasteiger partial charge < -0.3 is 14.8 Å². The van der Waals surface area contributed by atoms with Gasteiger partial charge in [0, 0.05) is 39.4 Å². The molecule has 0 spiro atoms. The van der Waals surface area contributed by atoms with E-state index in [0.29, 0.717) is 23.6 Å². The molecule has 2 aromatic heterocycles. The lowest BCUT2D eigenvalue weighted by molar-refractivity contribution is -0.133. The molecule has 0 aliphatic carbocycles. The maximum absolute atomic E-state index is 13.2. The van der Waals surface area contributed by atoms with Crippen LogP contribution >= 0.6 is 0 Å². The van der Waals surface area contributed by atoms with Crippen LogP contribution < -0.4 is 10.2 Å². The van der Waals surface area contributed by atoms with Gasteiger partial charge in [-0.25, -0.2) is 19.5 Å². The Hall–Kier alpha value is -3.36. The van der Waals surface area contributed by atoms with E-state index in [1.54, 1.807) is 43.6 Å². The van der Waals surface area contributed by atoms with Crippen molar-refractivity contribution in [1.82, 2.24) is 19.6 Å². The Morgan fingerprint density at radius 3 is 2.67 bits per heavy atom. The SMILES string of the molecule is CC(C)(C)OC(=O)NCC#Cc1ccc2ncc(N3CCC(=O)N(COCC[Si](C)(C)C)C3=O)n2c1. The quantitative estimate of drug-likeness (QED) is 0.344. The summed E-state index contributed by atoms with van der Waals surface area (Å²) in [6, 6.07) is 4.13. The number of hydrogen-bond donors (Lipinski definition) is 1. The fourth-order valence-electron chi connectivity index (χ4n) is 3.38. The van der Waals surface area contributed by atoms with Crippen molar-refractivity contribution in [3.05, 3.63) is 30.1 Å². The van der Waals surface area contributed by atoms with Gasteiger partial charge in [-0.3, -0.25) is 14.1 Å². The molecule has 0 bridgehead atoms. The Bertz CT molecular complexity index is 1190. The summed E-state index contributed by atoms with van der Waals surface area (Å²) in [6.45, 7) is 13.0. The molecule has 4 amide bonds. The van der Waals surface area contributed by atoms with Gasteiger partial charge in [0.2, 0.25) is 5.91 Å². The van der Waals surface area contributed by atoms with Crippen molar-refractivity contribution in [3.63, 3.8) is 0 Å². The zero-order chi connectivity index (χ0) is 26.5. The minimum absolute atomic E-state index is 0.0588. The van der Waals surface area contributed by atoms with E-state index >= 15 is 0 Å². The van der Waals surface area contributed by atoms with Crippen molar-refractivity contribution in [1.29, 1.82) is 0 Å². The largest absolute Gasteiger partial charge is 0.444 e. The van der Waals surface area contributed by atoms with E-state index in [2.05, 4.69) is 41.8 Å². The van der Waals surface area contributed by atoms with Crippen LogP contribution in [0.25, 0.3) is 5.65 Å². The number of carbonyl (C=O) groups excluding carboxylic acids is 3. The van der Waals surface area contributed by atoms with E-state index in [9.17, 15) is 14.4 Å². The monoisotopic (exact) mass is 513 g/mol. The number of imidazole rings is 1. The van der Waals surface area contributed by atoms with Crippen molar-refractivity contribution in [2.75, 3.05) is 31.3 Å². The van der Waals surface area contributed by atoms with Gasteiger partial charge in [0.05, 0.1) is 12.7 Å². The maximum Gasteiger partial charge on any atom is 0.408 e. The van der Waals surface area contributed by atoms with E-state index in [1.807, 2.05) is 6.07 Å². The molecule has 1 saturated heterocycles. The van der Waals surface area contributed by atoms with Crippen molar-refractivity contribution in [3.8, 4) is 11.8 Å². The molecule has 1 aliphatic heterocycles.